The molecular weight excluding hydrogens is 170 g/mol. The minimum Gasteiger partial charge on any atom is -0.321 e. The Labute approximate surface area is 87.3 Å². The predicted octanol–water partition coefficient (Wildman–Crippen LogP) is 3.28. The Morgan fingerprint density at radius 3 is 1.79 bits per heavy atom. The topological polar surface area (TPSA) is 26.0 Å². The quantitative estimate of drug-likeness (QED) is 0.779. The maximum Gasteiger partial charge on any atom is 0.0404 e. The van der Waals surface area contributed by atoms with Gasteiger partial charge in [-0.1, -0.05) is 43.2 Å². The minimum atomic E-state index is -0.142. The number of hydrogen-bond acceptors (Lipinski definition) is 1. The third-order valence-electron chi connectivity index (χ3n) is 3.06. The van der Waals surface area contributed by atoms with E-state index in [0.717, 1.165) is 12.8 Å². The summed E-state index contributed by atoms with van der Waals surface area (Å²) in [4.78, 5) is 0. The van der Waals surface area contributed by atoms with E-state index < -0.39 is 0 Å². The Kier molecular flexibility index (Phi) is 3.33. The highest BCUT2D eigenvalue weighted by Gasteiger charge is 2.22. The molecule has 1 aromatic carbocycles. The largest absolute Gasteiger partial charge is 0.321 e. The molecule has 0 radical (unpaired) electrons. The van der Waals surface area contributed by atoms with E-state index in [0.29, 0.717) is 0 Å². The molecule has 0 bridgehead atoms. The van der Waals surface area contributed by atoms with Gasteiger partial charge in [-0.3, -0.25) is 0 Å². The normalized spacial score (nSPS) is 11.8. The molecule has 0 aliphatic rings. The van der Waals surface area contributed by atoms with Crippen molar-refractivity contribution in [2.45, 2.75) is 46.1 Å². The average Bonchev–Trinajstić information content (AvgIpc) is 2.15. The summed E-state index contributed by atoms with van der Waals surface area (Å²) in [6.45, 7) is 8.56. The van der Waals surface area contributed by atoms with Crippen molar-refractivity contribution in [3.8, 4) is 0 Å². The second-order valence-corrected chi connectivity index (χ2v) is 4.24. The van der Waals surface area contributed by atoms with Crippen LogP contribution in [0.5, 0.6) is 0 Å². The Morgan fingerprint density at radius 1 is 1.00 bits per heavy atom. The lowest BCUT2D eigenvalue weighted by molar-refractivity contribution is 0.412. The molecule has 0 saturated carbocycles. The van der Waals surface area contributed by atoms with Gasteiger partial charge in [0.05, 0.1) is 0 Å². The average molecular weight is 191 g/mol. The fourth-order valence-electron chi connectivity index (χ4n) is 1.92. The number of aryl methyl sites for hydroxylation is 2. The Morgan fingerprint density at radius 2 is 1.43 bits per heavy atom. The van der Waals surface area contributed by atoms with E-state index in [1.165, 1.54) is 16.7 Å². The first-order valence-corrected chi connectivity index (χ1v) is 5.39. The van der Waals surface area contributed by atoms with Gasteiger partial charge < -0.3 is 5.73 Å². The molecule has 0 aliphatic heterocycles. The van der Waals surface area contributed by atoms with Crippen molar-refractivity contribution in [1.82, 2.24) is 0 Å². The highest BCUT2D eigenvalue weighted by Crippen LogP contribution is 2.27. The highest BCUT2D eigenvalue weighted by molar-refractivity contribution is 5.33. The zero-order chi connectivity index (χ0) is 10.8. The summed E-state index contributed by atoms with van der Waals surface area (Å²) in [6.07, 6.45) is 1.98. The maximum absolute atomic E-state index is 6.36. The molecule has 0 aliphatic carbocycles. The van der Waals surface area contributed by atoms with Crippen LogP contribution in [0.3, 0.4) is 0 Å². The van der Waals surface area contributed by atoms with Gasteiger partial charge in [-0.25, -0.2) is 0 Å². The molecular formula is C13H21N. The van der Waals surface area contributed by atoms with Gasteiger partial charge in [-0.15, -0.1) is 0 Å². The second kappa shape index (κ2) is 4.14. The van der Waals surface area contributed by atoms with Gasteiger partial charge in [-0.2, -0.15) is 0 Å². The molecule has 0 heterocycles. The molecule has 0 aromatic heterocycles. The molecule has 1 aromatic rings. The molecule has 1 heteroatoms. The summed E-state index contributed by atoms with van der Waals surface area (Å²) < 4.78 is 0. The van der Waals surface area contributed by atoms with Gasteiger partial charge in [-0.05, 0) is 32.3 Å². The van der Waals surface area contributed by atoms with Crippen molar-refractivity contribution < 1.29 is 0 Å². The van der Waals surface area contributed by atoms with Gasteiger partial charge >= 0.3 is 0 Å². The summed E-state index contributed by atoms with van der Waals surface area (Å²) in [6, 6.07) is 6.61. The zero-order valence-electron chi connectivity index (χ0n) is 9.72. The van der Waals surface area contributed by atoms with E-state index in [-0.39, 0.29) is 5.54 Å². The van der Waals surface area contributed by atoms with E-state index in [4.69, 9.17) is 5.73 Å². The fraction of sp³-hybridized carbons (Fsp3) is 0.538. The van der Waals surface area contributed by atoms with E-state index in [1.54, 1.807) is 0 Å². The molecule has 78 valence electrons. The van der Waals surface area contributed by atoms with Crippen molar-refractivity contribution in [3.05, 3.63) is 34.9 Å². The second-order valence-electron chi connectivity index (χ2n) is 4.24. The van der Waals surface area contributed by atoms with Gasteiger partial charge in [0, 0.05) is 5.54 Å². The van der Waals surface area contributed by atoms with Crippen LogP contribution in [-0.2, 0) is 5.54 Å². The van der Waals surface area contributed by atoms with Gasteiger partial charge in [0.1, 0.15) is 0 Å². The van der Waals surface area contributed by atoms with Gasteiger partial charge in [0.15, 0.2) is 0 Å². The zero-order valence-corrected chi connectivity index (χ0v) is 9.72. The molecule has 0 atom stereocenters. The minimum absolute atomic E-state index is 0.142. The van der Waals surface area contributed by atoms with Crippen molar-refractivity contribution in [2.24, 2.45) is 5.73 Å². The highest BCUT2D eigenvalue weighted by atomic mass is 14.7. The molecule has 0 unspecified atom stereocenters. The van der Waals surface area contributed by atoms with Crippen LogP contribution in [0.2, 0.25) is 0 Å². The summed E-state index contributed by atoms with van der Waals surface area (Å²) >= 11 is 0. The number of rotatable bonds is 3. The summed E-state index contributed by atoms with van der Waals surface area (Å²) in [7, 11) is 0. The number of hydrogen-bond donors (Lipinski definition) is 1. The molecule has 0 spiro atoms. The standard InChI is InChI=1S/C13H21N/c1-5-13(14,6-2)12-8-10(3)7-11(4)9-12/h7-9H,5-6,14H2,1-4H3. The Balaban J connectivity index is 3.17. The third kappa shape index (κ3) is 2.16. The molecule has 14 heavy (non-hydrogen) atoms. The molecule has 2 N–H and O–H groups in total. The van der Waals surface area contributed by atoms with Gasteiger partial charge in [0.2, 0.25) is 0 Å². The van der Waals surface area contributed by atoms with E-state index in [2.05, 4.69) is 45.9 Å². The Bertz CT molecular complexity index is 291. The van der Waals surface area contributed by atoms with Crippen LogP contribution in [0, 0.1) is 13.8 Å². The lowest BCUT2D eigenvalue weighted by Crippen LogP contribution is -2.35. The van der Waals surface area contributed by atoms with Crippen molar-refractivity contribution in [1.29, 1.82) is 0 Å². The smallest absolute Gasteiger partial charge is 0.0404 e. The fourth-order valence-corrected chi connectivity index (χ4v) is 1.92. The lowest BCUT2D eigenvalue weighted by Gasteiger charge is -2.28. The predicted molar refractivity (Wildman–Crippen MR) is 62.4 cm³/mol. The van der Waals surface area contributed by atoms with Crippen LogP contribution in [0.4, 0.5) is 0 Å². The van der Waals surface area contributed by atoms with Crippen molar-refractivity contribution in [3.63, 3.8) is 0 Å². The monoisotopic (exact) mass is 191 g/mol. The summed E-state index contributed by atoms with van der Waals surface area (Å²) in [5.41, 5.74) is 10.1. The van der Waals surface area contributed by atoms with Crippen LogP contribution >= 0.6 is 0 Å². The summed E-state index contributed by atoms with van der Waals surface area (Å²) in [5, 5.41) is 0. The van der Waals surface area contributed by atoms with Crippen molar-refractivity contribution >= 4 is 0 Å². The van der Waals surface area contributed by atoms with E-state index >= 15 is 0 Å². The first-order chi connectivity index (χ1) is 6.51. The molecule has 0 fully saturated rings. The maximum atomic E-state index is 6.36. The molecule has 0 amide bonds. The van der Waals surface area contributed by atoms with Crippen LogP contribution < -0.4 is 5.73 Å². The van der Waals surface area contributed by atoms with Crippen LogP contribution in [0.15, 0.2) is 18.2 Å². The molecule has 0 saturated heterocycles. The summed E-state index contributed by atoms with van der Waals surface area (Å²) in [5.74, 6) is 0. The number of benzene rings is 1. The first kappa shape index (κ1) is 11.3. The number of nitrogens with two attached hydrogens (primary N) is 1. The first-order valence-electron chi connectivity index (χ1n) is 5.39. The van der Waals surface area contributed by atoms with Gasteiger partial charge in [0.25, 0.3) is 0 Å². The molecule has 1 rings (SSSR count). The van der Waals surface area contributed by atoms with Crippen molar-refractivity contribution in [2.75, 3.05) is 0 Å². The van der Waals surface area contributed by atoms with Crippen LogP contribution in [-0.4, -0.2) is 0 Å². The van der Waals surface area contributed by atoms with E-state index in [1.807, 2.05) is 0 Å². The third-order valence-corrected chi connectivity index (χ3v) is 3.06. The lowest BCUT2D eigenvalue weighted by atomic mass is 9.84. The SMILES string of the molecule is CCC(N)(CC)c1cc(C)cc(C)c1. The van der Waals surface area contributed by atoms with E-state index in [9.17, 15) is 0 Å². The molecule has 1 nitrogen and oxygen atoms in total. The van der Waals surface area contributed by atoms with Crippen LogP contribution in [0.1, 0.15) is 43.4 Å². The Hall–Kier alpha value is -0.820. The van der Waals surface area contributed by atoms with Crippen LogP contribution in [0.25, 0.3) is 0 Å².